The van der Waals surface area contributed by atoms with Gasteiger partial charge in [0, 0.05) is 12.2 Å². The number of hydrogen-bond donors (Lipinski definition) is 1. The summed E-state index contributed by atoms with van der Waals surface area (Å²) in [6.45, 7) is 3.37. The van der Waals surface area contributed by atoms with E-state index in [2.05, 4.69) is 40.8 Å². The van der Waals surface area contributed by atoms with Crippen LogP contribution in [0.2, 0.25) is 0 Å². The van der Waals surface area contributed by atoms with Crippen LogP contribution in [-0.4, -0.2) is 27.2 Å². The van der Waals surface area contributed by atoms with E-state index in [9.17, 15) is 0 Å². The molecule has 1 N–H and O–H groups in total. The summed E-state index contributed by atoms with van der Waals surface area (Å²) in [5.41, 5.74) is 2.34. The molecule has 0 saturated carbocycles. The van der Waals surface area contributed by atoms with E-state index < -0.39 is 0 Å². The molecule has 0 amide bonds. The molecule has 1 aliphatic rings. The molecule has 0 spiro atoms. The third kappa shape index (κ3) is 1.69. The van der Waals surface area contributed by atoms with Gasteiger partial charge < -0.3 is 5.32 Å². The van der Waals surface area contributed by atoms with Crippen molar-refractivity contribution in [3.05, 3.63) is 30.2 Å². The normalized spacial score (nSPS) is 26.1. The summed E-state index contributed by atoms with van der Waals surface area (Å²) in [6.07, 6.45) is 6.22. The number of hydrogen-bond acceptors (Lipinski definition) is 3. The first-order valence-electron chi connectivity index (χ1n) is 5.85. The summed E-state index contributed by atoms with van der Waals surface area (Å²) in [5, 5.41) is 11.5. The lowest BCUT2D eigenvalue weighted by Gasteiger charge is -2.28. The maximum atomic E-state index is 4.09. The molecule has 2 aromatic rings. The van der Waals surface area contributed by atoms with Crippen molar-refractivity contribution in [2.75, 3.05) is 6.54 Å². The molecule has 2 atom stereocenters. The smallest absolute Gasteiger partial charge is 0.160 e. The largest absolute Gasteiger partial charge is 0.314 e. The SMILES string of the molecule is CC1CC(c2ccn3cnnc3c2)CCN1. The van der Waals surface area contributed by atoms with Crippen molar-refractivity contribution in [3.8, 4) is 0 Å². The summed E-state index contributed by atoms with van der Waals surface area (Å²) in [6, 6.07) is 4.97. The molecule has 3 rings (SSSR count). The van der Waals surface area contributed by atoms with Gasteiger partial charge in [0.05, 0.1) is 0 Å². The summed E-state index contributed by atoms with van der Waals surface area (Å²) >= 11 is 0. The number of aromatic nitrogens is 3. The van der Waals surface area contributed by atoms with Gasteiger partial charge in [-0.3, -0.25) is 4.40 Å². The van der Waals surface area contributed by atoms with Crippen molar-refractivity contribution < 1.29 is 0 Å². The van der Waals surface area contributed by atoms with Gasteiger partial charge in [-0.05, 0) is 49.9 Å². The summed E-state index contributed by atoms with van der Waals surface area (Å²) in [4.78, 5) is 0. The molecule has 16 heavy (non-hydrogen) atoms. The fourth-order valence-electron chi connectivity index (χ4n) is 2.52. The second-order valence-electron chi connectivity index (χ2n) is 4.63. The van der Waals surface area contributed by atoms with Gasteiger partial charge in [0.2, 0.25) is 0 Å². The van der Waals surface area contributed by atoms with Crippen LogP contribution in [0.5, 0.6) is 0 Å². The Morgan fingerprint density at radius 3 is 3.31 bits per heavy atom. The van der Waals surface area contributed by atoms with Crippen molar-refractivity contribution in [3.63, 3.8) is 0 Å². The van der Waals surface area contributed by atoms with Gasteiger partial charge in [0.15, 0.2) is 5.65 Å². The van der Waals surface area contributed by atoms with E-state index in [4.69, 9.17) is 0 Å². The van der Waals surface area contributed by atoms with Crippen molar-refractivity contribution >= 4 is 5.65 Å². The van der Waals surface area contributed by atoms with Gasteiger partial charge in [0.25, 0.3) is 0 Å². The molecular formula is C12H16N4. The average molecular weight is 216 g/mol. The first-order valence-corrected chi connectivity index (χ1v) is 5.85. The van der Waals surface area contributed by atoms with Crippen molar-refractivity contribution in [2.24, 2.45) is 0 Å². The highest BCUT2D eigenvalue weighted by atomic mass is 15.2. The molecule has 1 aliphatic heterocycles. The van der Waals surface area contributed by atoms with E-state index in [1.54, 1.807) is 6.33 Å². The van der Waals surface area contributed by atoms with Gasteiger partial charge >= 0.3 is 0 Å². The van der Waals surface area contributed by atoms with Crippen LogP contribution in [-0.2, 0) is 0 Å². The third-order valence-electron chi connectivity index (χ3n) is 3.42. The van der Waals surface area contributed by atoms with Gasteiger partial charge in [-0.25, -0.2) is 0 Å². The van der Waals surface area contributed by atoms with Crippen molar-refractivity contribution in [1.29, 1.82) is 0 Å². The Morgan fingerprint density at radius 1 is 1.50 bits per heavy atom. The zero-order valence-corrected chi connectivity index (χ0v) is 9.43. The second-order valence-corrected chi connectivity index (χ2v) is 4.63. The van der Waals surface area contributed by atoms with Crippen molar-refractivity contribution in [1.82, 2.24) is 19.9 Å². The van der Waals surface area contributed by atoms with E-state index >= 15 is 0 Å². The van der Waals surface area contributed by atoms with Crippen LogP contribution >= 0.6 is 0 Å². The topological polar surface area (TPSA) is 42.2 Å². The standard InChI is InChI=1S/C12H16N4/c1-9-6-10(2-4-13-9)11-3-5-16-8-14-15-12(16)7-11/h3,5,7-10,13H,2,4,6H2,1H3. The fraction of sp³-hybridized carbons (Fsp3) is 0.500. The molecular weight excluding hydrogens is 200 g/mol. The van der Waals surface area contributed by atoms with Crippen LogP contribution in [0.4, 0.5) is 0 Å². The van der Waals surface area contributed by atoms with E-state index in [1.807, 2.05) is 4.40 Å². The lowest BCUT2D eigenvalue weighted by Crippen LogP contribution is -2.34. The van der Waals surface area contributed by atoms with Crippen LogP contribution in [0, 0.1) is 0 Å². The Balaban J connectivity index is 1.92. The molecule has 2 aromatic heterocycles. The van der Waals surface area contributed by atoms with Gasteiger partial charge in [-0.15, -0.1) is 10.2 Å². The van der Waals surface area contributed by atoms with Crippen molar-refractivity contribution in [2.45, 2.75) is 31.7 Å². The number of pyridine rings is 1. The summed E-state index contributed by atoms with van der Waals surface area (Å²) in [5.74, 6) is 0.665. The van der Waals surface area contributed by atoms with Crippen LogP contribution in [0.25, 0.3) is 5.65 Å². The van der Waals surface area contributed by atoms with Crippen LogP contribution in [0.15, 0.2) is 24.7 Å². The lowest BCUT2D eigenvalue weighted by atomic mass is 9.87. The van der Waals surface area contributed by atoms with Gasteiger partial charge in [-0.1, -0.05) is 0 Å². The molecule has 0 aliphatic carbocycles. The molecule has 0 bridgehead atoms. The Kier molecular flexibility index (Phi) is 2.36. The van der Waals surface area contributed by atoms with E-state index in [0.717, 1.165) is 12.2 Å². The predicted molar refractivity (Wildman–Crippen MR) is 62.4 cm³/mol. The van der Waals surface area contributed by atoms with Gasteiger partial charge in [-0.2, -0.15) is 0 Å². The maximum Gasteiger partial charge on any atom is 0.160 e. The molecule has 0 radical (unpaired) electrons. The molecule has 4 heteroatoms. The number of fused-ring (bicyclic) bond motifs is 1. The quantitative estimate of drug-likeness (QED) is 0.787. The Hall–Kier alpha value is -1.42. The van der Waals surface area contributed by atoms with E-state index in [-0.39, 0.29) is 0 Å². The monoisotopic (exact) mass is 216 g/mol. The minimum atomic E-state index is 0.618. The number of rotatable bonds is 1. The summed E-state index contributed by atoms with van der Waals surface area (Å²) < 4.78 is 1.95. The average Bonchev–Trinajstić information content (AvgIpc) is 2.75. The molecule has 84 valence electrons. The highest BCUT2D eigenvalue weighted by Crippen LogP contribution is 2.27. The molecule has 1 fully saturated rings. The second kappa shape index (κ2) is 3.87. The van der Waals surface area contributed by atoms with Crippen LogP contribution in [0.1, 0.15) is 31.2 Å². The molecule has 1 saturated heterocycles. The first kappa shape index (κ1) is 9.78. The van der Waals surface area contributed by atoms with Crippen LogP contribution in [0.3, 0.4) is 0 Å². The number of nitrogens with one attached hydrogen (secondary N) is 1. The Bertz CT molecular complexity index is 490. The van der Waals surface area contributed by atoms with E-state index in [1.165, 1.54) is 18.4 Å². The Labute approximate surface area is 94.7 Å². The zero-order chi connectivity index (χ0) is 11.0. The van der Waals surface area contributed by atoms with Crippen LogP contribution < -0.4 is 5.32 Å². The maximum absolute atomic E-state index is 4.09. The minimum absolute atomic E-state index is 0.618. The number of nitrogens with zero attached hydrogens (tertiary/aromatic N) is 3. The molecule has 2 unspecified atom stereocenters. The summed E-state index contributed by atoms with van der Waals surface area (Å²) in [7, 11) is 0. The lowest BCUT2D eigenvalue weighted by molar-refractivity contribution is 0.381. The van der Waals surface area contributed by atoms with Gasteiger partial charge in [0.1, 0.15) is 6.33 Å². The zero-order valence-electron chi connectivity index (χ0n) is 9.43. The van der Waals surface area contributed by atoms with E-state index in [0.29, 0.717) is 12.0 Å². The fourth-order valence-corrected chi connectivity index (χ4v) is 2.52. The molecule has 3 heterocycles. The number of piperidine rings is 1. The first-order chi connectivity index (χ1) is 7.83. The molecule has 0 aromatic carbocycles. The predicted octanol–water partition coefficient (Wildman–Crippen LogP) is 1.58. The molecule has 4 nitrogen and oxygen atoms in total. The Morgan fingerprint density at radius 2 is 2.44 bits per heavy atom. The highest BCUT2D eigenvalue weighted by molar-refractivity contribution is 5.41. The minimum Gasteiger partial charge on any atom is -0.314 e. The third-order valence-corrected chi connectivity index (χ3v) is 3.42. The highest BCUT2D eigenvalue weighted by Gasteiger charge is 2.20.